The minimum Gasteiger partial charge on any atom is -0.0767 e. The summed E-state index contributed by atoms with van der Waals surface area (Å²) in [7, 11) is 0. The first-order valence-electron chi connectivity index (χ1n) is 19.7. The molecule has 0 amide bonds. The number of allylic oxidation sites excluding steroid dienone is 8. The van der Waals surface area contributed by atoms with Gasteiger partial charge in [-0.25, -0.2) is 0 Å². The fourth-order valence-corrected chi connectivity index (χ4v) is 9.76. The van der Waals surface area contributed by atoms with Gasteiger partial charge in [-0.1, -0.05) is 182 Å². The Morgan fingerprint density at radius 3 is 1.45 bits per heavy atom. The number of benzene rings is 9. The molecule has 0 N–H and O–H groups in total. The molecule has 0 heteroatoms. The lowest BCUT2D eigenvalue weighted by atomic mass is 9.80. The Kier molecular flexibility index (Phi) is 7.45. The van der Waals surface area contributed by atoms with Gasteiger partial charge in [-0.2, -0.15) is 0 Å². The lowest BCUT2D eigenvalue weighted by molar-refractivity contribution is 0.853. The molecule has 55 heavy (non-hydrogen) atoms. The van der Waals surface area contributed by atoms with Gasteiger partial charge in [-0.15, -0.1) is 0 Å². The normalized spacial score (nSPS) is 17.3. The lowest BCUT2D eigenvalue weighted by Gasteiger charge is -2.24. The van der Waals surface area contributed by atoms with Crippen molar-refractivity contribution in [2.24, 2.45) is 0 Å². The van der Waals surface area contributed by atoms with Crippen LogP contribution in [0.1, 0.15) is 53.9 Å². The minimum absolute atomic E-state index is 0.323. The SMILES string of the molecule is CC1=CC(c2ccc3c4ccccc4c4ccccc4c3c2)CC(c2cccc(C3C=CC=C(c4ccc5c6ccccc6c6ccccc6c5c4)C3)c2)=C1. The Morgan fingerprint density at radius 2 is 0.855 bits per heavy atom. The van der Waals surface area contributed by atoms with Crippen LogP contribution in [0.5, 0.6) is 0 Å². The summed E-state index contributed by atoms with van der Waals surface area (Å²) in [5.41, 5.74) is 9.55. The molecule has 9 aromatic rings. The van der Waals surface area contributed by atoms with Crippen LogP contribution in [0.25, 0.3) is 75.8 Å². The van der Waals surface area contributed by atoms with E-state index in [1.54, 1.807) is 0 Å². The lowest BCUT2D eigenvalue weighted by Crippen LogP contribution is -2.05. The molecule has 0 saturated carbocycles. The van der Waals surface area contributed by atoms with Crippen molar-refractivity contribution in [1.29, 1.82) is 0 Å². The molecule has 0 aliphatic heterocycles. The van der Waals surface area contributed by atoms with Crippen LogP contribution in [-0.2, 0) is 0 Å². The summed E-state index contributed by atoms with van der Waals surface area (Å²) >= 11 is 0. The highest BCUT2D eigenvalue weighted by molar-refractivity contribution is 6.26. The number of fused-ring (bicyclic) bond motifs is 12. The summed E-state index contributed by atoms with van der Waals surface area (Å²) in [6, 6.07) is 59.1. The minimum atomic E-state index is 0.323. The molecule has 0 spiro atoms. The van der Waals surface area contributed by atoms with E-state index < -0.39 is 0 Å². The van der Waals surface area contributed by atoms with Gasteiger partial charge in [0.1, 0.15) is 0 Å². The highest BCUT2D eigenvalue weighted by Crippen LogP contribution is 2.43. The average Bonchev–Trinajstić information content (AvgIpc) is 3.26. The zero-order valence-electron chi connectivity index (χ0n) is 31.0. The van der Waals surface area contributed by atoms with Crippen LogP contribution in [0.2, 0.25) is 0 Å². The smallest absolute Gasteiger partial charge is 0.00645 e. The van der Waals surface area contributed by atoms with Crippen LogP contribution in [0.4, 0.5) is 0 Å². The molecule has 2 aliphatic carbocycles. The molecule has 0 nitrogen and oxygen atoms in total. The Hall–Kier alpha value is -6.50. The molecule has 0 radical (unpaired) electrons. The van der Waals surface area contributed by atoms with E-state index in [2.05, 4.69) is 195 Å². The summed E-state index contributed by atoms with van der Waals surface area (Å²) in [5.74, 6) is 0.646. The third kappa shape index (κ3) is 5.36. The van der Waals surface area contributed by atoms with Gasteiger partial charge in [0.15, 0.2) is 0 Å². The van der Waals surface area contributed by atoms with Crippen LogP contribution < -0.4 is 0 Å². The Morgan fingerprint density at radius 1 is 0.382 bits per heavy atom. The summed E-state index contributed by atoms with van der Waals surface area (Å²) < 4.78 is 0. The maximum atomic E-state index is 2.47. The molecule has 2 unspecified atom stereocenters. The quantitative estimate of drug-likeness (QED) is 0.160. The molecule has 0 aromatic heterocycles. The highest BCUT2D eigenvalue weighted by Gasteiger charge is 2.21. The van der Waals surface area contributed by atoms with Crippen molar-refractivity contribution < 1.29 is 0 Å². The van der Waals surface area contributed by atoms with Gasteiger partial charge < -0.3 is 0 Å². The predicted octanol–water partition coefficient (Wildman–Crippen LogP) is 15.3. The second-order valence-electron chi connectivity index (χ2n) is 15.7. The first kappa shape index (κ1) is 32.0. The Labute approximate surface area is 322 Å². The molecule has 2 aliphatic rings. The van der Waals surface area contributed by atoms with Crippen LogP contribution in [-0.4, -0.2) is 0 Å². The molecule has 11 rings (SSSR count). The summed E-state index contributed by atoms with van der Waals surface area (Å²) in [6.07, 6.45) is 13.8. The standard InChI is InChI=1S/C55H40/c1-35-28-42(32-43(29-35)41-25-27-53-49-21-5-3-17-45(49)47-19-7-9-23-51(47)55(53)34-41)39-15-11-13-37(31-39)36-12-10-14-38(30-36)40-24-26-52-48-20-4-2-16-44(48)46-18-6-8-22-50(46)54(52)33-40/h2-29,31,33-34,36,43H,30,32H2,1H3. The zero-order valence-corrected chi connectivity index (χ0v) is 31.0. The number of rotatable bonds is 4. The van der Waals surface area contributed by atoms with Crippen molar-refractivity contribution in [3.8, 4) is 0 Å². The first-order chi connectivity index (χ1) is 27.2. The van der Waals surface area contributed by atoms with Gasteiger partial charge >= 0.3 is 0 Å². The third-order valence-corrected chi connectivity index (χ3v) is 12.4. The zero-order chi connectivity index (χ0) is 36.5. The van der Waals surface area contributed by atoms with Gasteiger partial charge in [-0.3, -0.25) is 0 Å². The molecule has 9 aromatic carbocycles. The fraction of sp³-hybridized carbons (Fsp3) is 0.0909. The Balaban J connectivity index is 0.900. The summed E-state index contributed by atoms with van der Waals surface area (Å²) in [5, 5.41) is 15.9. The van der Waals surface area contributed by atoms with Crippen LogP contribution in [0.15, 0.2) is 194 Å². The summed E-state index contributed by atoms with van der Waals surface area (Å²) in [6.45, 7) is 2.26. The maximum absolute atomic E-state index is 2.47. The van der Waals surface area contributed by atoms with E-state index in [-0.39, 0.29) is 0 Å². The average molecular weight is 701 g/mol. The van der Waals surface area contributed by atoms with Crippen molar-refractivity contribution in [3.05, 3.63) is 216 Å². The van der Waals surface area contributed by atoms with Crippen LogP contribution in [0, 0.1) is 0 Å². The molecule has 0 heterocycles. The molecular weight excluding hydrogens is 661 g/mol. The van der Waals surface area contributed by atoms with Crippen molar-refractivity contribution in [2.45, 2.75) is 31.6 Å². The Bertz CT molecular complexity index is 3090. The summed E-state index contributed by atoms with van der Waals surface area (Å²) in [4.78, 5) is 0. The number of hydrogen-bond acceptors (Lipinski definition) is 0. The van der Waals surface area contributed by atoms with Crippen molar-refractivity contribution in [2.75, 3.05) is 0 Å². The van der Waals surface area contributed by atoms with Gasteiger partial charge in [0.05, 0.1) is 0 Å². The molecule has 0 fully saturated rings. The van der Waals surface area contributed by atoms with Crippen molar-refractivity contribution in [3.63, 3.8) is 0 Å². The van der Waals surface area contributed by atoms with E-state index in [4.69, 9.17) is 0 Å². The van der Waals surface area contributed by atoms with E-state index in [0.717, 1.165) is 12.8 Å². The second-order valence-corrected chi connectivity index (χ2v) is 15.7. The molecule has 0 bridgehead atoms. The van der Waals surface area contributed by atoms with Gasteiger partial charge in [0.2, 0.25) is 0 Å². The van der Waals surface area contributed by atoms with Gasteiger partial charge in [0, 0.05) is 11.8 Å². The van der Waals surface area contributed by atoms with Crippen molar-refractivity contribution >= 4 is 75.8 Å². The van der Waals surface area contributed by atoms with Crippen LogP contribution in [0.3, 0.4) is 0 Å². The van der Waals surface area contributed by atoms with Gasteiger partial charge in [-0.05, 0) is 130 Å². The van der Waals surface area contributed by atoms with E-state index in [1.165, 1.54) is 104 Å². The highest BCUT2D eigenvalue weighted by atomic mass is 14.3. The fourth-order valence-electron chi connectivity index (χ4n) is 9.76. The third-order valence-electron chi connectivity index (χ3n) is 12.4. The van der Waals surface area contributed by atoms with E-state index in [1.807, 2.05) is 0 Å². The van der Waals surface area contributed by atoms with Crippen LogP contribution >= 0.6 is 0 Å². The van der Waals surface area contributed by atoms with E-state index in [9.17, 15) is 0 Å². The van der Waals surface area contributed by atoms with E-state index in [0.29, 0.717) is 11.8 Å². The monoisotopic (exact) mass is 700 g/mol. The topological polar surface area (TPSA) is 0 Å². The maximum Gasteiger partial charge on any atom is 0.00645 e. The predicted molar refractivity (Wildman–Crippen MR) is 238 cm³/mol. The number of hydrogen-bond donors (Lipinski definition) is 0. The van der Waals surface area contributed by atoms with Crippen molar-refractivity contribution in [1.82, 2.24) is 0 Å². The molecule has 0 saturated heterocycles. The molecular formula is C55H40. The van der Waals surface area contributed by atoms with E-state index >= 15 is 0 Å². The largest absolute Gasteiger partial charge is 0.0767 e. The first-order valence-corrected chi connectivity index (χ1v) is 19.7. The molecule has 260 valence electrons. The van der Waals surface area contributed by atoms with Gasteiger partial charge in [0.25, 0.3) is 0 Å². The second kappa shape index (κ2) is 12.8. The molecule has 2 atom stereocenters.